The number of para-hydroxylation sites is 1. The second-order valence-electron chi connectivity index (χ2n) is 7.15. The molecule has 1 aliphatic heterocycles. The van der Waals surface area contributed by atoms with Gasteiger partial charge in [-0.25, -0.2) is 8.42 Å². The Hall–Kier alpha value is -2.09. The van der Waals surface area contributed by atoms with Crippen molar-refractivity contribution in [3.63, 3.8) is 0 Å². The minimum absolute atomic E-state index is 0.115. The monoisotopic (exact) mass is 421 g/mol. The summed E-state index contributed by atoms with van der Waals surface area (Å²) in [5, 5.41) is 0.405. The molecule has 0 saturated carbocycles. The van der Waals surface area contributed by atoms with Crippen molar-refractivity contribution in [3.8, 4) is 0 Å². The zero-order valence-electron chi connectivity index (χ0n) is 15.7. The molecular weight excluding hydrogens is 398 g/mol. The Morgan fingerprint density at radius 1 is 1.29 bits per heavy atom. The van der Waals surface area contributed by atoms with Gasteiger partial charge in [-0.2, -0.15) is 0 Å². The van der Waals surface area contributed by atoms with Gasteiger partial charge in [0.2, 0.25) is 5.91 Å². The van der Waals surface area contributed by atoms with Crippen molar-refractivity contribution in [1.82, 2.24) is 4.90 Å². The third-order valence-electron chi connectivity index (χ3n) is 5.02. The normalized spacial score (nSPS) is 18.0. The van der Waals surface area contributed by atoms with E-state index in [4.69, 9.17) is 17.3 Å². The number of anilines is 1. The zero-order valence-corrected chi connectivity index (χ0v) is 17.3. The second kappa shape index (κ2) is 8.51. The van der Waals surface area contributed by atoms with E-state index < -0.39 is 10.0 Å². The number of nitrogens with zero attached hydrogens (tertiary/aromatic N) is 1. The Morgan fingerprint density at radius 3 is 2.75 bits per heavy atom. The first-order chi connectivity index (χ1) is 13.3. The fraction of sp³-hybridized carbons (Fsp3) is 0.350. The molecule has 6 nitrogen and oxygen atoms in total. The first-order valence-corrected chi connectivity index (χ1v) is 11.0. The summed E-state index contributed by atoms with van der Waals surface area (Å²) in [4.78, 5) is 13.8. The van der Waals surface area contributed by atoms with Gasteiger partial charge >= 0.3 is 0 Å². The number of rotatable bonds is 6. The summed E-state index contributed by atoms with van der Waals surface area (Å²) in [6, 6.07) is 11.9. The summed E-state index contributed by atoms with van der Waals surface area (Å²) in [5.74, 6) is -0.442. The topological polar surface area (TPSA) is 92.5 Å². The maximum atomic E-state index is 12.8. The van der Waals surface area contributed by atoms with Crippen LogP contribution in [0.25, 0.3) is 0 Å². The molecule has 0 bridgehead atoms. The molecule has 1 aliphatic rings. The van der Waals surface area contributed by atoms with Crippen LogP contribution in [0.5, 0.6) is 0 Å². The Balaban J connectivity index is 1.80. The highest BCUT2D eigenvalue weighted by Crippen LogP contribution is 2.26. The number of carbonyl (C=O) groups excluding carboxylic acids is 1. The number of likely N-dealkylation sites (tertiary alicyclic amines) is 1. The summed E-state index contributed by atoms with van der Waals surface area (Å²) in [6.45, 7) is 3.79. The lowest BCUT2D eigenvalue weighted by molar-refractivity contribution is -0.123. The maximum absolute atomic E-state index is 12.8. The van der Waals surface area contributed by atoms with E-state index >= 15 is 0 Å². The average Bonchev–Trinajstić information content (AvgIpc) is 2.65. The first kappa shape index (κ1) is 20.6. The molecule has 0 aliphatic carbocycles. The van der Waals surface area contributed by atoms with Crippen LogP contribution in [0.1, 0.15) is 24.0 Å². The lowest BCUT2D eigenvalue weighted by Crippen LogP contribution is -2.40. The fourth-order valence-electron chi connectivity index (χ4n) is 3.37. The number of carbonyl (C=O) groups is 1. The number of aryl methyl sites for hydroxylation is 1. The molecule has 3 N–H and O–H groups in total. The fourth-order valence-corrected chi connectivity index (χ4v) is 4.75. The number of primary amides is 1. The first-order valence-electron chi connectivity index (χ1n) is 9.15. The van der Waals surface area contributed by atoms with Gasteiger partial charge in [-0.3, -0.25) is 14.4 Å². The van der Waals surface area contributed by atoms with Crippen LogP contribution in [0.3, 0.4) is 0 Å². The van der Waals surface area contributed by atoms with Gasteiger partial charge in [-0.15, -0.1) is 0 Å². The highest BCUT2D eigenvalue weighted by atomic mass is 35.5. The Bertz CT molecular complexity index is 978. The maximum Gasteiger partial charge on any atom is 0.261 e. The van der Waals surface area contributed by atoms with Crippen LogP contribution in [-0.2, 0) is 21.4 Å². The average molecular weight is 422 g/mol. The predicted octanol–water partition coefficient (Wildman–Crippen LogP) is 3.15. The minimum Gasteiger partial charge on any atom is -0.369 e. The van der Waals surface area contributed by atoms with Gasteiger partial charge in [0.25, 0.3) is 10.0 Å². The van der Waals surface area contributed by atoms with Gasteiger partial charge in [-0.1, -0.05) is 35.9 Å². The number of halogens is 1. The molecule has 1 atom stereocenters. The Morgan fingerprint density at radius 2 is 2.04 bits per heavy atom. The van der Waals surface area contributed by atoms with Gasteiger partial charge in [0, 0.05) is 18.1 Å². The Kier molecular flexibility index (Phi) is 6.27. The van der Waals surface area contributed by atoms with E-state index in [1.165, 1.54) is 12.1 Å². The van der Waals surface area contributed by atoms with Crippen molar-refractivity contribution in [2.75, 3.05) is 17.8 Å². The van der Waals surface area contributed by atoms with E-state index in [-0.39, 0.29) is 16.7 Å². The number of sulfonamides is 1. The molecule has 2 aromatic carbocycles. The molecule has 150 valence electrons. The van der Waals surface area contributed by atoms with Crippen LogP contribution in [0.2, 0.25) is 5.02 Å². The highest BCUT2D eigenvalue weighted by molar-refractivity contribution is 7.92. The molecule has 8 heteroatoms. The van der Waals surface area contributed by atoms with Crippen LogP contribution in [0, 0.1) is 12.8 Å². The molecule has 0 spiro atoms. The summed E-state index contributed by atoms with van der Waals surface area (Å²) < 4.78 is 28.3. The number of nitrogens with two attached hydrogens (primary N) is 1. The molecule has 28 heavy (non-hydrogen) atoms. The molecule has 0 unspecified atom stereocenters. The van der Waals surface area contributed by atoms with Crippen LogP contribution in [-0.4, -0.2) is 32.3 Å². The number of hydrogen-bond acceptors (Lipinski definition) is 4. The van der Waals surface area contributed by atoms with Crippen molar-refractivity contribution in [2.24, 2.45) is 11.7 Å². The summed E-state index contributed by atoms with van der Waals surface area (Å²) in [7, 11) is -3.77. The smallest absolute Gasteiger partial charge is 0.261 e. The second-order valence-corrected chi connectivity index (χ2v) is 9.24. The lowest BCUT2D eigenvalue weighted by atomic mass is 9.97. The molecular formula is C20H24ClN3O3S. The van der Waals surface area contributed by atoms with Crippen LogP contribution in [0.4, 0.5) is 5.69 Å². The van der Waals surface area contributed by atoms with E-state index in [1.807, 2.05) is 19.1 Å². The number of nitrogens with one attached hydrogen (secondary N) is 1. The Labute approximate surface area is 170 Å². The van der Waals surface area contributed by atoms with E-state index in [2.05, 4.69) is 9.62 Å². The quantitative estimate of drug-likeness (QED) is 0.749. The standard InChI is InChI=1S/C20H24ClN3O3S/c1-14-8-9-17(11-18(14)21)28(26,27)23-19-7-3-2-5-15(19)12-24-10-4-6-16(13-24)20(22)25/h2-3,5,7-9,11,16,23H,4,6,10,12-13H2,1H3,(H2,22,25)/t16-/m0/s1. The predicted molar refractivity (Wildman–Crippen MR) is 111 cm³/mol. The molecule has 1 fully saturated rings. The molecule has 1 amide bonds. The lowest BCUT2D eigenvalue weighted by Gasteiger charge is -2.31. The molecule has 1 heterocycles. The van der Waals surface area contributed by atoms with Gasteiger partial charge in [0.15, 0.2) is 0 Å². The number of hydrogen-bond donors (Lipinski definition) is 2. The highest BCUT2D eigenvalue weighted by Gasteiger charge is 2.25. The van der Waals surface area contributed by atoms with Gasteiger partial charge in [0.1, 0.15) is 0 Å². The van der Waals surface area contributed by atoms with Crippen molar-refractivity contribution in [2.45, 2.75) is 31.2 Å². The van der Waals surface area contributed by atoms with Crippen molar-refractivity contribution in [3.05, 3.63) is 58.6 Å². The third-order valence-corrected chi connectivity index (χ3v) is 6.79. The third kappa shape index (κ3) is 4.84. The van der Waals surface area contributed by atoms with Gasteiger partial charge < -0.3 is 5.73 Å². The largest absolute Gasteiger partial charge is 0.369 e. The van der Waals surface area contributed by atoms with Gasteiger partial charge in [-0.05, 0) is 55.6 Å². The molecule has 3 rings (SSSR count). The summed E-state index contributed by atoms with van der Waals surface area (Å²) in [6.07, 6.45) is 1.69. The van der Waals surface area contributed by atoms with Crippen LogP contribution in [0.15, 0.2) is 47.4 Å². The van der Waals surface area contributed by atoms with E-state index in [0.29, 0.717) is 23.8 Å². The molecule has 0 radical (unpaired) electrons. The molecule has 2 aromatic rings. The zero-order chi connectivity index (χ0) is 20.3. The van der Waals surface area contributed by atoms with Crippen LogP contribution < -0.4 is 10.5 Å². The van der Waals surface area contributed by atoms with E-state index in [1.54, 1.807) is 18.2 Å². The summed E-state index contributed by atoms with van der Waals surface area (Å²) >= 11 is 6.09. The number of benzene rings is 2. The number of piperidine rings is 1. The SMILES string of the molecule is Cc1ccc(S(=O)(=O)Nc2ccccc2CN2CCC[C@H](C(N)=O)C2)cc1Cl. The number of amides is 1. The van der Waals surface area contributed by atoms with Crippen molar-refractivity contribution in [1.29, 1.82) is 0 Å². The van der Waals surface area contributed by atoms with Crippen molar-refractivity contribution >= 4 is 33.2 Å². The molecule has 0 aromatic heterocycles. The summed E-state index contributed by atoms with van der Waals surface area (Å²) in [5.41, 5.74) is 7.63. The van der Waals surface area contributed by atoms with E-state index in [9.17, 15) is 13.2 Å². The van der Waals surface area contributed by atoms with Crippen LogP contribution >= 0.6 is 11.6 Å². The van der Waals surface area contributed by atoms with Crippen molar-refractivity contribution < 1.29 is 13.2 Å². The molecule has 1 saturated heterocycles. The van der Waals surface area contributed by atoms with E-state index in [0.717, 1.165) is 30.5 Å². The minimum atomic E-state index is -3.77. The van der Waals surface area contributed by atoms with Gasteiger partial charge in [0.05, 0.1) is 16.5 Å².